The van der Waals surface area contributed by atoms with E-state index in [0.717, 1.165) is 20.8 Å². The number of hydrogen-bond acceptors (Lipinski definition) is 10. The molecule has 12 heteroatoms. The molecule has 0 spiro atoms. The fourth-order valence-corrected chi connectivity index (χ4v) is 4.02. The molecule has 0 N–H and O–H groups in total. The molecule has 0 bridgehead atoms. The molecular weight excluding hydrogens is 528 g/mol. The Kier molecular flexibility index (Phi) is 9.10. The highest BCUT2D eigenvalue weighted by molar-refractivity contribution is 9.10. The third-order valence-electron chi connectivity index (χ3n) is 4.53. The van der Waals surface area contributed by atoms with Crippen molar-refractivity contribution in [2.24, 2.45) is 0 Å². The zero-order valence-electron chi connectivity index (χ0n) is 18.6. The van der Waals surface area contributed by atoms with Crippen LogP contribution in [0.1, 0.15) is 34.6 Å². The molecule has 1 saturated heterocycles. The number of carbonyl (C=O) groups excluding carboxylic acids is 4. The van der Waals surface area contributed by atoms with Crippen molar-refractivity contribution in [1.82, 2.24) is 0 Å². The van der Waals surface area contributed by atoms with Gasteiger partial charge in [-0.15, -0.1) is 0 Å². The molecule has 1 aromatic carbocycles. The Morgan fingerprint density at radius 1 is 1.03 bits per heavy atom. The molecule has 2 rings (SSSR count). The van der Waals surface area contributed by atoms with Crippen LogP contribution in [0.15, 0.2) is 22.7 Å². The summed E-state index contributed by atoms with van der Waals surface area (Å²) >= 11 is 9.56. The zero-order valence-corrected chi connectivity index (χ0v) is 20.9. The highest BCUT2D eigenvalue weighted by atomic mass is 79.9. The van der Waals surface area contributed by atoms with Gasteiger partial charge >= 0.3 is 23.9 Å². The Labute approximate surface area is 203 Å². The van der Waals surface area contributed by atoms with Gasteiger partial charge in [-0.3, -0.25) is 19.2 Å². The van der Waals surface area contributed by atoms with E-state index in [1.165, 1.54) is 13.8 Å². The molecule has 0 amide bonds. The molecule has 10 nitrogen and oxygen atoms in total. The fourth-order valence-electron chi connectivity index (χ4n) is 3.30. The summed E-state index contributed by atoms with van der Waals surface area (Å²) in [5.41, 5.74) is -1.79. The molecule has 1 aliphatic heterocycles. The second kappa shape index (κ2) is 11.2. The maximum absolute atomic E-state index is 12.0. The number of rotatable bonds is 7. The monoisotopic (exact) mass is 550 g/mol. The first-order chi connectivity index (χ1) is 15.3. The molecule has 33 heavy (non-hydrogen) atoms. The van der Waals surface area contributed by atoms with Crippen molar-refractivity contribution in [2.45, 2.75) is 64.8 Å². The largest absolute Gasteiger partial charge is 0.463 e. The highest BCUT2D eigenvalue weighted by Crippen LogP contribution is 2.40. The van der Waals surface area contributed by atoms with E-state index in [1.54, 1.807) is 18.2 Å². The number of ether oxygens (including phenoxy) is 6. The minimum Gasteiger partial charge on any atom is -0.463 e. The first kappa shape index (κ1) is 26.9. The lowest BCUT2D eigenvalue weighted by Crippen LogP contribution is -2.70. The van der Waals surface area contributed by atoms with Crippen LogP contribution in [0.25, 0.3) is 0 Å². The molecule has 0 aliphatic carbocycles. The highest BCUT2D eigenvalue weighted by Gasteiger charge is 2.61. The Balaban J connectivity index is 2.57. The molecule has 1 fully saturated rings. The summed E-state index contributed by atoms with van der Waals surface area (Å²) in [4.78, 5) is 47.2. The van der Waals surface area contributed by atoms with E-state index in [-0.39, 0.29) is 17.4 Å². The van der Waals surface area contributed by atoms with Crippen molar-refractivity contribution in [3.05, 3.63) is 27.7 Å². The predicted molar refractivity (Wildman–Crippen MR) is 116 cm³/mol. The smallest absolute Gasteiger partial charge is 0.303 e. The van der Waals surface area contributed by atoms with Gasteiger partial charge in [0.25, 0.3) is 0 Å². The van der Waals surface area contributed by atoms with Gasteiger partial charge in [-0.2, -0.15) is 0 Å². The van der Waals surface area contributed by atoms with Gasteiger partial charge in [-0.25, -0.2) is 0 Å². The summed E-state index contributed by atoms with van der Waals surface area (Å²) in [6.07, 6.45) is -5.21. The van der Waals surface area contributed by atoms with Crippen LogP contribution < -0.4 is 4.74 Å². The zero-order chi connectivity index (χ0) is 24.9. The molecule has 0 saturated carbocycles. The van der Waals surface area contributed by atoms with Crippen LogP contribution in [0.2, 0.25) is 5.02 Å². The van der Waals surface area contributed by atoms with Gasteiger partial charge in [-0.1, -0.05) is 27.5 Å². The standard InChI is InChI=1S/C21H24BrClO10/c1-10(24)28-9-17-18(29-11(2)25)19(30-12(3)26)21(5,33-13(4)27)20(32-17)31-16-7-6-14(22)8-15(16)23/h6-8,17-20H,9H2,1-5H3. The van der Waals surface area contributed by atoms with Crippen molar-refractivity contribution in [2.75, 3.05) is 6.61 Å². The van der Waals surface area contributed by atoms with Gasteiger partial charge in [0, 0.05) is 32.2 Å². The summed E-state index contributed by atoms with van der Waals surface area (Å²) in [6, 6.07) is 4.78. The minimum atomic E-state index is -1.79. The van der Waals surface area contributed by atoms with Gasteiger partial charge in [0.2, 0.25) is 11.9 Å². The molecule has 1 aliphatic rings. The number of halogens is 2. The van der Waals surface area contributed by atoms with Crippen LogP contribution in [0.4, 0.5) is 0 Å². The molecule has 182 valence electrons. The van der Waals surface area contributed by atoms with Crippen molar-refractivity contribution in [1.29, 1.82) is 0 Å². The van der Waals surface area contributed by atoms with E-state index in [0.29, 0.717) is 4.47 Å². The van der Waals surface area contributed by atoms with Gasteiger partial charge in [0.1, 0.15) is 18.5 Å². The lowest BCUT2D eigenvalue weighted by Gasteiger charge is -2.49. The maximum atomic E-state index is 12.0. The van der Waals surface area contributed by atoms with E-state index in [2.05, 4.69) is 15.9 Å². The number of esters is 4. The summed E-state index contributed by atoms with van der Waals surface area (Å²) in [5.74, 6) is -2.67. The third-order valence-corrected chi connectivity index (χ3v) is 5.32. The summed E-state index contributed by atoms with van der Waals surface area (Å²) in [5, 5.41) is 0.209. The van der Waals surface area contributed by atoms with E-state index in [1.807, 2.05) is 0 Å². The second-order valence-electron chi connectivity index (χ2n) is 7.38. The van der Waals surface area contributed by atoms with Crippen molar-refractivity contribution in [3.63, 3.8) is 0 Å². The third kappa shape index (κ3) is 7.05. The van der Waals surface area contributed by atoms with Gasteiger partial charge < -0.3 is 28.4 Å². The van der Waals surface area contributed by atoms with Gasteiger partial charge in [0.05, 0.1) is 5.02 Å². The normalized spacial score (nSPS) is 26.6. The van der Waals surface area contributed by atoms with Crippen molar-refractivity contribution < 1.29 is 47.6 Å². The van der Waals surface area contributed by atoms with Crippen LogP contribution in [-0.2, 0) is 42.9 Å². The van der Waals surface area contributed by atoms with Gasteiger partial charge in [0.15, 0.2) is 12.2 Å². The van der Waals surface area contributed by atoms with Crippen LogP contribution >= 0.6 is 27.5 Å². The summed E-state index contributed by atoms with van der Waals surface area (Å²) in [7, 11) is 0. The fraction of sp³-hybridized carbons (Fsp3) is 0.524. The average Bonchev–Trinajstić information content (AvgIpc) is 2.66. The van der Waals surface area contributed by atoms with E-state index < -0.39 is 54.1 Å². The molecule has 5 atom stereocenters. The Bertz CT molecular complexity index is 922. The Morgan fingerprint density at radius 2 is 1.67 bits per heavy atom. The molecule has 1 heterocycles. The SMILES string of the molecule is CC(=O)OCC1OC(Oc2ccc(Br)cc2Cl)C(C)(OC(C)=O)C(OC(C)=O)C1OC(C)=O. The average molecular weight is 552 g/mol. The predicted octanol–water partition coefficient (Wildman–Crippen LogP) is 2.95. The van der Waals surface area contributed by atoms with E-state index in [9.17, 15) is 19.2 Å². The number of hydrogen-bond donors (Lipinski definition) is 0. The van der Waals surface area contributed by atoms with Crippen molar-refractivity contribution in [3.8, 4) is 5.75 Å². The van der Waals surface area contributed by atoms with E-state index in [4.69, 9.17) is 40.0 Å². The summed E-state index contributed by atoms with van der Waals surface area (Å²) < 4.78 is 33.9. The van der Waals surface area contributed by atoms with Crippen LogP contribution in [0.5, 0.6) is 5.75 Å². The van der Waals surface area contributed by atoms with Crippen LogP contribution in [-0.4, -0.2) is 60.7 Å². The molecule has 0 aromatic heterocycles. The molecule has 5 unspecified atom stereocenters. The quantitative estimate of drug-likeness (QED) is 0.369. The lowest BCUT2D eigenvalue weighted by atomic mass is 9.87. The Hall–Kier alpha value is -2.37. The lowest BCUT2D eigenvalue weighted by molar-refractivity contribution is -0.321. The van der Waals surface area contributed by atoms with Gasteiger partial charge in [-0.05, 0) is 25.1 Å². The second-order valence-corrected chi connectivity index (χ2v) is 8.71. The Morgan fingerprint density at radius 3 is 2.18 bits per heavy atom. The first-order valence-electron chi connectivity index (χ1n) is 9.78. The molecule has 0 radical (unpaired) electrons. The maximum Gasteiger partial charge on any atom is 0.303 e. The van der Waals surface area contributed by atoms with Crippen molar-refractivity contribution >= 4 is 51.4 Å². The molecular formula is C21H24BrClO10. The minimum absolute atomic E-state index is 0.169. The molecule has 1 aromatic rings. The number of benzene rings is 1. The first-order valence-corrected chi connectivity index (χ1v) is 10.9. The number of carbonyl (C=O) groups is 4. The van der Waals surface area contributed by atoms with E-state index >= 15 is 0 Å². The van der Waals surface area contributed by atoms with Crippen LogP contribution in [0, 0.1) is 0 Å². The van der Waals surface area contributed by atoms with Crippen LogP contribution in [0.3, 0.4) is 0 Å². The topological polar surface area (TPSA) is 124 Å². The summed E-state index contributed by atoms with van der Waals surface area (Å²) in [6.45, 7) is 5.64.